The second-order valence-corrected chi connectivity index (χ2v) is 5.63. The van der Waals surface area contributed by atoms with Crippen LogP contribution in [0.5, 0.6) is 0 Å². The zero-order valence-corrected chi connectivity index (χ0v) is 12.3. The van der Waals surface area contributed by atoms with E-state index in [4.69, 9.17) is 5.10 Å². The highest BCUT2D eigenvalue weighted by Crippen LogP contribution is 2.30. The zero-order valence-electron chi connectivity index (χ0n) is 11.5. The van der Waals surface area contributed by atoms with Crippen molar-refractivity contribution in [2.75, 3.05) is 19.0 Å². The predicted molar refractivity (Wildman–Crippen MR) is 83.4 cm³/mol. The second-order valence-electron chi connectivity index (χ2n) is 4.71. The van der Waals surface area contributed by atoms with E-state index in [2.05, 4.69) is 43.3 Å². The van der Waals surface area contributed by atoms with E-state index >= 15 is 0 Å². The maximum Gasteiger partial charge on any atom is 0.253 e. The first-order chi connectivity index (χ1) is 9.75. The van der Waals surface area contributed by atoms with Crippen molar-refractivity contribution in [1.29, 1.82) is 0 Å². The lowest BCUT2D eigenvalue weighted by Gasteiger charge is -2.07. The number of hydrogen-bond acceptors (Lipinski definition) is 3. The van der Waals surface area contributed by atoms with Crippen LogP contribution in [0.25, 0.3) is 16.9 Å². The average molecular weight is 282 g/mol. The van der Waals surface area contributed by atoms with E-state index < -0.39 is 0 Å². The zero-order chi connectivity index (χ0) is 13.9. The van der Waals surface area contributed by atoms with Crippen LogP contribution in [0.2, 0.25) is 0 Å². The lowest BCUT2D eigenvalue weighted by atomic mass is 10.2. The van der Waals surface area contributed by atoms with Gasteiger partial charge in [0.15, 0.2) is 22.2 Å². The van der Waals surface area contributed by atoms with Gasteiger partial charge in [-0.2, -0.15) is 0 Å². The molecule has 2 aromatic carbocycles. The molecule has 3 nitrogen and oxygen atoms in total. The predicted octanol–water partition coefficient (Wildman–Crippen LogP) is 3.15. The Kier molecular flexibility index (Phi) is 3.48. The molecule has 1 heterocycles. The van der Waals surface area contributed by atoms with E-state index in [0.29, 0.717) is 0 Å². The fraction of sp³-hybridized carbons (Fsp3) is 0.125. The molecule has 0 aliphatic rings. The van der Waals surface area contributed by atoms with Crippen LogP contribution in [-0.4, -0.2) is 19.2 Å². The molecule has 4 heteroatoms. The van der Waals surface area contributed by atoms with Crippen molar-refractivity contribution in [1.82, 2.24) is 5.10 Å². The molecular formula is C16H16N3S+. The summed E-state index contributed by atoms with van der Waals surface area (Å²) in [4.78, 5) is 2.11. The van der Waals surface area contributed by atoms with Gasteiger partial charge >= 0.3 is 0 Å². The molecule has 0 unspecified atom stereocenters. The maximum atomic E-state index is 4.77. The van der Waals surface area contributed by atoms with E-state index in [-0.39, 0.29) is 0 Å². The lowest BCUT2D eigenvalue weighted by Crippen LogP contribution is -2.28. The smallest absolute Gasteiger partial charge is 0.253 e. The molecule has 100 valence electrons. The molecule has 0 saturated heterocycles. The number of aromatic nitrogens is 2. The van der Waals surface area contributed by atoms with Gasteiger partial charge in [-0.1, -0.05) is 48.5 Å². The highest BCUT2D eigenvalue weighted by molar-refractivity contribution is 7.07. The molecule has 1 aromatic heterocycles. The van der Waals surface area contributed by atoms with Gasteiger partial charge in [-0.25, -0.2) is 0 Å². The SMILES string of the molecule is CN(C)c1s[n+](-c2ccccc2)nc1-c1ccccc1. The van der Waals surface area contributed by atoms with E-state index in [0.717, 1.165) is 21.9 Å². The van der Waals surface area contributed by atoms with Crippen molar-refractivity contribution in [3.63, 3.8) is 0 Å². The summed E-state index contributed by atoms with van der Waals surface area (Å²) >= 11 is 1.65. The van der Waals surface area contributed by atoms with Crippen LogP contribution in [0.15, 0.2) is 60.7 Å². The van der Waals surface area contributed by atoms with E-state index in [1.54, 1.807) is 11.5 Å². The summed E-state index contributed by atoms with van der Waals surface area (Å²) in [5, 5.41) is 5.92. The Hall–Kier alpha value is -2.20. The van der Waals surface area contributed by atoms with Gasteiger partial charge in [0.05, 0.1) is 0 Å². The van der Waals surface area contributed by atoms with Crippen molar-refractivity contribution in [3.05, 3.63) is 60.7 Å². The Morgan fingerprint density at radius 3 is 2.10 bits per heavy atom. The number of benzene rings is 2. The molecule has 0 N–H and O–H groups in total. The summed E-state index contributed by atoms with van der Waals surface area (Å²) in [6, 6.07) is 20.5. The summed E-state index contributed by atoms with van der Waals surface area (Å²) in [6.07, 6.45) is 0. The summed E-state index contributed by atoms with van der Waals surface area (Å²) < 4.78 is 1.97. The third-order valence-corrected chi connectivity index (χ3v) is 4.19. The normalized spacial score (nSPS) is 10.5. The van der Waals surface area contributed by atoms with Crippen molar-refractivity contribution in [2.45, 2.75) is 0 Å². The molecule has 0 saturated carbocycles. The quantitative estimate of drug-likeness (QED) is 0.688. The van der Waals surface area contributed by atoms with Crippen LogP contribution in [-0.2, 0) is 0 Å². The highest BCUT2D eigenvalue weighted by atomic mass is 32.1. The first-order valence-electron chi connectivity index (χ1n) is 6.47. The Bertz CT molecular complexity index is 690. The standard InChI is InChI=1S/C16H16N3S/c1-18(2)16-15(13-9-5-3-6-10-13)17-19(20-16)14-11-7-4-8-12-14/h3-12H,1-2H3/q+1. The fourth-order valence-electron chi connectivity index (χ4n) is 2.02. The van der Waals surface area contributed by atoms with Crippen LogP contribution in [0.1, 0.15) is 0 Å². The number of anilines is 1. The molecule has 0 amide bonds. The van der Waals surface area contributed by atoms with Crippen molar-refractivity contribution in [3.8, 4) is 16.9 Å². The molecule has 0 bridgehead atoms. The lowest BCUT2D eigenvalue weighted by molar-refractivity contribution is -0.587. The Balaban J connectivity index is 2.13. The highest BCUT2D eigenvalue weighted by Gasteiger charge is 2.23. The van der Waals surface area contributed by atoms with Gasteiger partial charge in [0.2, 0.25) is 0 Å². The molecule has 0 radical (unpaired) electrons. The van der Waals surface area contributed by atoms with Crippen LogP contribution >= 0.6 is 11.5 Å². The summed E-state index contributed by atoms with van der Waals surface area (Å²) in [5.41, 5.74) is 3.24. The van der Waals surface area contributed by atoms with E-state index in [9.17, 15) is 0 Å². The number of para-hydroxylation sites is 1. The summed E-state index contributed by atoms with van der Waals surface area (Å²) in [7, 11) is 4.10. The van der Waals surface area contributed by atoms with Gasteiger partial charge in [0, 0.05) is 41.0 Å². The Morgan fingerprint density at radius 2 is 1.50 bits per heavy atom. The first-order valence-corrected chi connectivity index (χ1v) is 7.25. The molecular weight excluding hydrogens is 266 g/mol. The van der Waals surface area contributed by atoms with E-state index in [1.165, 1.54) is 0 Å². The molecule has 20 heavy (non-hydrogen) atoms. The number of rotatable bonds is 3. The monoisotopic (exact) mass is 282 g/mol. The van der Waals surface area contributed by atoms with Gasteiger partial charge in [-0.3, -0.25) is 0 Å². The van der Waals surface area contributed by atoms with Gasteiger partial charge in [-0.05, 0) is 0 Å². The average Bonchev–Trinajstić information content (AvgIpc) is 2.94. The van der Waals surface area contributed by atoms with Crippen molar-refractivity contribution in [2.24, 2.45) is 0 Å². The number of hydrogen-bond donors (Lipinski definition) is 0. The maximum absolute atomic E-state index is 4.77. The third kappa shape index (κ3) is 2.42. The number of nitrogens with zero attached hydrogens (tertiary/aromatic N) is 3. The molecule has 0 fully saturated rings. The van der Waals surface area contributed by atoms with Gasteiger partial charge in [0.1, 0.15) is 0 Å². The Morgan fingerprint density at radius 1 is 0.900 bits per heavy atom. The molecule has 0 spiro atoms. The first kappa shape index (κ1) is 12.8. The molecule has 3 rings (SSSR count). The Labute approximate surface area is 122 Å². The molecule has 0 atom stereocenters. The van der Waals surface area contributed by atoms with Crippen molar-refractivity contribution >= 4 is 16.5 Å². The minimum atomic E-state index is 1.02. The minimum Gasteiger partial charge on any atom is -0.363 e. The second kappa shape index (κ2) is 5.43. The fourth-order valence-corrected chi connectivity index (χ4v) is 2.94. The largest absolute Gasteiger partial charge is 0.363 e. The van der Waals surface area contributed by atoms with Gasteiger partial charge in [0.25, 0.3) is 5.69 Å². The molecule has 3 aromatic rings. The minimum absolute atomic E-state index is 1.02. The third-order valence-electron chi connectivity index (χ3n) is 3.00. The van der Waals surface area contributed by atoms with Gasteiger partial charge in [-0.15, -0.1) is 0 Å². The van der Waals surface area contributed by atoms with E-state index in [1.807, 2.05) is 40.5 Å². The summed E-state index contributed by atoms with van der Waals surface area (Å²) in [6.45, 7) is 0. The van der Waals surface area contributed by atoms with Crippen molar-refractivity contribution < 1.29 is 4.07 Å². The van der Waals surface area contributed by atoms with Gasteiger partial charge < -0.3 is 4.90 Å². The van der Waals surface area contributed by atoms with Crippen LogP contribution < -0.4 is 8.97 Å². The topological polar surface area (TPSA) is 20.0 Å². The molecule has 0 aliphatic carbocycles. The summed E-state index contributed by atoms with van der Waals surface area (Å²) in [5.74, 6) is 0. The van der Waals surface area contributed by atoms with Crippen LogP contribution in [0.3, 0.4) is 0 Å². The molecule has 0 aliphatic heterocycles. The van der Waals surface area contributed by atoms with Crippen LogP contribution in [0.4, 0.5) is 5.00 Å². The van der Waals surface area contributed by atoms with Crippen LogP contribution in [0, 0.1) is 0 Å².